The molecule has 0 fully saturated rings. The lowest BCUT2D eigenvalue weighted by atomic mass is 10.0. The summed E-state index contributed by atoms with van der Waals surface area (Å²) in [5.41, 5.74) is -4.31. The largest absolute Gasteiger partial charge is 0.480 e. The van der Waals surface area contributed by atoms with Gasteiger partial charge in [0.25, 0.3) is 5.91 Å². The number of carboxylic acids is 1. The molecule has 138 valence electrons. The molecule has 6 nitrogen and oxygen atoms in total. The highest BCUT2D eigenvalue weighted by Gasteiger charge is 2.37. The standard InChI is InChI=1S/C13H10F6N2O4/c14-12(15,16)7-1-6(2-8(3-7)13(17,18)19)11(25)21-4-9(22)20-5-10(23)24/h1-3H,4-5H2,(H,20,22)(H,21,25)(H,23,24). The van der Waals surface area contributed by atoms with Crippen molar-refractivity contribution in [1.82, 2.24) is 10.6 Å². The summed E-state index contributed by atoms with van der Waals surface area (Å²) in [6, 6.07) is 0.274. The predicted octanol–water partition coefficient (Wildman–Crippen LogP) is 1.65. The van der Waals surface area contributed by atoms with Crippen LogP contribution in [0, 0.1) is 0 Å². The van der Waals surface area contributed by atoms with Gasteiger partial charge < -0.3 is 15.7 Å². The molecular formula is C13H10F6N2O4. The number of rotatable bonds is 5. The molecule has 2 amide bonds. The molecule has 1 aromatic rings. The molecule has 0 aliphatic heterocycles. The zero-order chi connectivity index (χ0) is 19.4. The third-order valence-corrected chi connectivity index (χ3v) is 2.70. The highest BCUT2D eigenvalue weighted by Crippen LogP contribution is 2.36. The fourth-order valence-corrected chi connectivity index (χ4v) is 1.59. The third-order valence-electron chi connectivity index (χ3n) is 2.70. The molecule has 0 spiro atoms. The van der Waals surface area contributed by atoms with Crippen molar-refractivity contribution in [2.75, 3.05) is 13.1 Å². The molecule has 0 heterocycles. The molecule has 25 heavy (non-hydrogen) atoms. The number of carboxylic acid groups (broad SMARTS) is 1. The van der Waals surface area contributed by atoms with E-state index in [1.807, 2.05) is 5.32 Å². The predicted molar refractivity (Wildman–Crippen MR) is 69.4 cm³/mol. The van der Waals surface area contributed by atoms with Crippen molar-refractivity contribution in [3.63, 3.8) is 0 Å². The van der Waals surface area contributed by atoms with Gasteiger partial charge in [0.2, 0.25) is 5.91 Å². The summed E-state index contributed by atoms with van der Waals surface area (Å²) in [7, 11) is 0. The third kappa shape index (κ3) is 6.31. The normalized spacial score (nSPS) is 11.8. The first-order valence-electron chi connectivity index (χ1n) is 6.37. The molecule has 12 heteroatoms. The Kier molecular flexibility index (Phi) is 6.00. The summed E-state index contributed by atoms with van der Waals surface area (Å²) in [6.07, 6.45) is -10.2. The Bertz CT molecular complexity index is 652. The zero-order valence-electron chi connectivity index (χ0n) is 12.1. The van der Waals surface area contributed by atoms with Gasteiger partial charge >= 0.3 is 18.3 Å². The second-order valence-electron chi connectivity index (χ2n) is 4.65. The van der Waals surface area contributed by atoms with Gasteiger partial charge in [-0.3, -0.25) is 14.4 Å². The maximum absolute atomic E-state index is 12.7. The molecule has 0 bridgehead atoms. The van der Waals surface area contributed by atoms with E-state index < -0.39 is 59.9 Å². The van der Waals surface area contributed by atoms with Crippen LogP contribution in [-0.4, -0.2) is 36.0 Å². The molecule has 0 radical (unpaired) electrons. The second-order valence-corrected chi connectivity index (χ2v) is 4.65. The van der Waals surface area contributed by atoms with Crippen LogP contribution in [0.4, 0.5) is 26.3 Å². The fraction of sp³-hybridized carbons (Fsp3) is 0.308. The molecule has 0 unspecified atom stereocenters. The lowest BCUT2D eigenvalue weighted by Gasteiger charge is -2.14. The van der Waals surface area contributed by atoms with E-state index in [1.165, 1.54) is 0 Å². The molecule has 0 aromatic heterocycles. The summed E-state index contributed by atoms with van der Waals surface area (Å²) >= 11 is 0. The molecule has 1 aromatic carbocycles. The first-order valence-corrected chi connectivity index (χ1v) is 6.37. The number of nitrogens with one attached hydrogen (secondary N) is 2. The highest BCUT2D eigenvalue weighted by atomic mass is 19.4. The van der Waals surface area contributed by atoms with Crippen LogP contribution in [0.2, 0.25) is 0 Å². The number of carbonyl (C=O) groups excluding carboxylic acids is 2. The summed E-state index contributed by atoms with van der Waals surface area (Å²) in [5, 5.41) is 12.0. The van der Waals surface area contributed by atoms with Crippen LogP contribution in [-0.2, 0) is 21.9 Å². The smallest absolute Gasteiger partial charge is 0.416 e. The van der Waals surface area contributed by atoms with E-state index in [2.05, 4.69) is 0 Å². The van der Waals surface area contributed by atoms with Gasteiger partial charge in [0, 0.05) is 5.56 Å². The molecule has 0 aliphatic rings. The van der Waals surface area contributed by atoms with E-state index in [4.69, 9.17) is 5.11 Å². The summed E-state index contributed by atoms with van der Waals surface area (Å²) in [4.78, 5) is 33.1. The molecule has 0 saturated carbocycles. The Balaban J connectivity index is 2.97. The summed E-state index contributed by atoms with van der Waals surface area (Å²) < 4.78 is 76.0. The molecule has 0 aliphatic carbocycles. The first-order chi connectivity index (χ1) is 11.3. The number of alkyl halides is 6. The van der Waals surface area contributed by atoms with Crippen molar-refractivity contribution in [2.24, 2.45) is 0 Å². The van der Waals surface area contributed by atoms with Crippen LogP contribution in [0.15, 0.2) is 18.2 Å². The van der Waals surface area contributed by atoms with Crippen LogP contribution in [0.3, 0.4) is 0 Å². The zero-order valence-corrected chi connectivity index (χ0v) is 12.1. The molecule has 3 N–H and O–H groups in total. The second kappa shape index (κ2) is 7.40. The molecule has 0 atom stereocenters. The Morgan fingerprint density at radius 1 is 0.840 bits per heavy atom. The lowest BCUT2D eigenvalue weighted by molar-refractivity contribution is -0.143. The quantitative estimate of drug-likeness (QED) is 0.685. The lowest BCUT2D eigenvalue weighted by Crippen LogP contribution is -2.39. The van der Waals surface area contributed by atoms with Crippen LogP contribution in [0.5, 0.6) is 0 Å². The van der Waals surface area contributed by atoms with Gasteiger partial charge in [-0.1, -0.05) is 0 Å². The van der Waals surface area contributed by atoms with Crippen molar-refractivity contribution < 1.29 is 45.8 Å². The minimum absolute atomic E-state index is 0.143. The average molecular weight is 372 g/mol. The number of carbonyl (C=O) groups is 3. The van der Waals surface area contributed by atoms with E-state index in [1.54, 1.807) is 5.32 Å². The number of amides is 2. The topological polar surface area (TPSA) is 95.5 Å². The fourth-order valence-electron chi connectivity index (χ4n) is 1.59. The van der Waals surface area contributed by atoms with Crippen molar-refractivity contribution in [2.45, 2.75) is 12.4 Å². The Hall–Kier alpha value is -2.79. The summed E-state index contributed by atoms with van der Waals surface area (Å²) in [6.45, 7) is -1.60. The van der Waals surface area contributed by atoms with Gasteiger partial charge in [0.05, 0.1) is 17.7 Å². The molecule has 0 saturated heterocycles. The van der Waals surface area contributed by atoms with Gasteiger partial charge in [-0.2, -0.15) is 26.3 Å². The number of halogens is 6. The van der Waals surface area contributed by atoms with Crippen molar-refractivity contribution in [3.8, 4) is 0 Å². The maximum Gasteiger partial charge on any atom is 0.416 e. The van der Waals surface area contributed by atoms with Gasteiger partial charge in [-0.05, 0) is 18.2 Å². The highest BCUT2D eigenvalue weighted by molar-refractivity contribution is 5.97. The minimum atomic E-state index is -5.12. The Morgan fingerprint density at radius 3 is 1.72 bits per heavy atom. The number of hydrogen-bond donors (Lipinski definition) is 3. The number of aliphatic carboxylic acids is 1. The van der Waals surface area contributed by atoms with Crippen molar-refractivity contribution >= 4 is 17.8 Å². The van der Waals surface area contributed by atoms with E-state index >= 15 is 0 Å². The SMILES string of the molecule is O=C(O)CNC(=O)CNC(=O)c1cc(C(F)(F)F)cc(C(F)(F)F)c1. The summed E-state index contributed by atoms with van der Waals surface area (Å²) in [5.74, 6) is -3.73. The van der Waals surface area contributed by atoms with Gasteiger partial charge in [-0.25, -0.2) is 0 Å². The monoisotopic (exact) mass is 372 g/mol. The van der Waals surface area contributed by atoms with Gasteiger partial charge in [0.1, 0.15) is 6.54 Å². The number of hydrogen-bond acceptors (Lipinski definition) is 3. The average Bonchev–Trinajstić information content (AvgIpc) is 2.48. The van der Waals surface area contributed by atoms with Crippen LogP contribution in [0.1, 0.15) is 21.5 Å². The van der Waals surface area contributed by atoms with E-state index in [-0.39, 0.29) is 18.2 Å². The van der Waals surface area contributed by atoms with E-state index in [0.717, 1.165) is 0 Å². The Labute approximate surface area is 135 Å². The molecule has 1 rings (SSSR count). The van der Waals surface area contributed by atoms with Gasteiger partial charge in [-0.15, -0.1) is 0 Å². The minimum Gasteiger partial charge on any atom is -0.480 e. The Morgan fingerprint density at radius 2 is 1.32 bits per heavy atom. The van der Waals surface area contributed by atoms with Crippen molar-refractivity contribution in [3.05, 3.63) is 34.9 Å². The molecular weight excluding hydrogens is 362 g/mol. The van der Waals surface area contributed by atoms with E-state index in [0.29, 0.717) is 0 Å². The van der Waals surface area contributed by atoms with Crippen LogP contribution >= 0.6 is 0 Å². The van der Waals surface area contributed by atoms with E-state index in [9.17, 15) is 40.7 Å². The number of benzene rings is 1. The van der Waals surface area contributed by atoms with Crippen LogP contribution in [0.25, 0.3) is 0 Å². The van der Waals surface area contributed by atoms with Crippen molar-refractivity contribution in [1.29, 1.82) is 0 Å². The maximum atomic E-state index is 12.7. The van der Waals surface area contributed by atoms with Crippen LogP contribution < -0.4 is 10.6 Å². The first kappa shape index (κ1) is 20.3. The van der Waals surface area contributed by atoms with Gasteiger partial charge in [0.15, 0.2) is 0 Å².